The minimum absolute atomic E-state index is 0.0365. The molecule has 7 nitrogen and oxygen atoms in total. The number of non-ortho nitro benzene ring substituents is 1. The van der Waals surface area contributed by atoms with E-state index in [-0.39, 0.29) is 5.69 Å². The lowest BCUT2D eigenvalue weighted by molar-refractivity contribution is -0.384. The molecule has 0 bridgehead atoms. The van der Waals surface area contributed by atoms with Crippen LogP contribution >= 0.6 is 0 Å². The number of anilines is 1. The van der Waals surface area contributed by atoms with Crippen molar-refractivity contribution >= 4 is 22.5 Å². The normalized spacial score (nSPS) is 18.6. The Morgan fingerprint density at radius 3 is 3.00 bits per heavy atom. The van der Waals surface area contributed by atoms with Crippen molar-refractivity contribution in [2.45, 2.75) is 18.9 Å². The fourth-order valence-corrected chi connectivity index (χ4v) is 2.62. The van der Waals surface area contributed by atoms with Gasteiger partial charge in [-0.05, 0) is 25.5 Å². The van der Waals surface area contributed by atoms with Crippen LogP contribution in [0.25, 0.3) is 11.0 Å². The third-order valence-corrected chi connectivity index (χ3v) is 3.90. The van der Waals surface area contributed by atoms with Crippen LogP contribution in [0.15, 0.2) is 24.4 Å². The standard InChI is InChI=1S/C14H17N5O2/c1-18(11-3-2-6-15-8-11)14-9-16-13-7-10(19(20)21)4-5-12(13)17-14/h4-5,7,9,11,15H,2-3,6,8H2,1H3. The molecular formula is C14H17N5O2. The first kappa shape index (κ1) is 13.7. The van der Waals surface area contributed by atoms with E-state index in [2.05, 4.69) is 20.2 Å². The molecule has 2 aromatic rings. The Morgan fingerprint density at radius 1 is 1.43 bits per heavy atom. The highest BCUT2D eigenvalue weighted by Gasteiger charge is 2.19. The summed E-state index contributed by atoms with van der Waals surface area (Å²) < 4.78 is 0. The molecule has 0 spiro atoms. The van der Waals surface area contributed by atoms with Crippen molar-refractivity contribution < 1.29 is 4.92 Å². The number of nitrogens with zero attached hydrogens (tertiary/aromatic N) is 4. The Labute approximate surface area is 122 Å². The summed E-state index contributed by atoms with van der Waals surface area (Å²) in [7, 11) is 2.01. The van der Waals surface area contributed by atoms with Gasteiger partial charge in [-0.3, -0.25) is 15.1 Å². The van der Waals surface area contributed by atoms with Crippen LogP contribution < -0.4 is 10.2 Å². The third-order valence-electron chi connectivity index (χ3n) is 3.90. The van der Waals surface area contributed by atoms with Gasteiger partial charge in [0.15, 0.2) is 0 Å². The van der Waals surface area contributed by atoms with Crippen molar-refractivity contribution in [1.82, 2.24) is 15.3 Å². The molecule has 0 aliphatic carbocycles. The molecule has 1 unspecified atom stereocenters. The van der Waals surface area contributed by atoms with Gasteiger partial charge in [0, 0.05) is 31.8 Å². The monoisotopic (exact) mass is 287 g/mol. The smallest absolute Gasteiger partial charge is 0.271 e. The van der Waals surface area contributed by atoms with Crippen molar-refractivity contribution in [3.05, 3.63) is 34.5 Å². The summed E-state index contributed by atoms with van der Waals surface area (Å²) in [6.45, 7) is 2.01. The highest BCUT2D eigenvalue weighted by molar-refractivity contribution is 5.78. The van der Waals surface area contributed by atoms with E-state index in [1.165, 1.54) is 12.1 Å². The quantitative estimate of drug-likeness (QED) is 0.683. The molecular weight excluding hydrogens is 270 g/mol. The van der Waals surface area contributed by atoms with E-state index in [9.17, 15) is 10.1 Å². The summed E-state index contributed by atoms with van der Waals surface area (Å²) in [6, 6.07) is 4.97. The predicted molar refractivity (Wildman–Crippen MR) is 80.5 cm³/mol. The van der Waals surface area contributed by atoms with E-state index < -0.39 is 4.92 Å². The number of rotatable bonds is 3. The zero-order chi connectivity index (χ0) is 14.8. The van der Waals surface area contributed by atoms with Crippen LogP contribution in [0.4, 0.5) is 11.5 Å². The van der Waals surface area contributed by atoms with E-state index in [0.29, 0.717) is 17.1 Å². The van der Waals surface area contributed by atoms with Crippen molar-refractivity contribution in [3.63, 3.8) is 0 Å². The zero-order valence-electron chi connectivity index (χ0n) is 11.8. The molecule has 1 fully saturated rings. The third kappa shape index (κ3) is 2.78. The number of piperidine rings is 1. The molecule has 2 heterocycles. The van der Waals surface area contributed by atoms with Gasteiger partial charge in [0.1, 0.15) is 5.82 Å². The van der Waals surface area contributed by atoms with Crippen LogP contribution in [0.5, 0.6) is 0 Å². The molecule has 110 valence electrons. The van der Waals surface area contributed by atoms with Crippen molar-refractivity contribution in [2.75, 3.05) is 25.0 Å². The summed E-state index contributed by atoms with van der Waals surface area (Å²) in [5.74, 6) is 0.796. The number of likely N-dealkylation sites (N-methyl/N-ethyl adjacent to an activating group) is 1. The molecule has 0 saturated carbocycles. The molecule has 3 rings (SSSR count). The van der Waals surface area contributed by atoms with E-state index in [4.69, 9.17) is 0 Å². The van der Waals surface area contributed by atoms with Gasteiger partial charge in [0.05, 0.1) is 22.2 Å². The lowest BCUT2D eigenvalue weighted by Crippen LogP contribution is -2.44. The zero-order valence-corrected chi connectivity index (χ0v) is 11.8. The first-order valence-corrected chi connectivity index (χ1v) is 7.00. The molecule has 7 heteroatoms. The van der Waals surface area contributed by atoms with Gasteiger partial charge in [-0.15, -0.1) is 0 Å². The summed E-state index contributed by atoms with van der Waals surface area (Å²) in [5.41, 5.74) is 1.26. The van der Waals surface area contributed by atoms with Gasteiger partial charge in [-0.1, -0.05) is 0 Å². The Balaban J connectivity index is 1.89. The maximum atomic E-state index is 10.8. The highest BCUT2D eigenvalue weighted by Crippen LogP contribution is 2.22. The number of benzene rings is 1. The molecule has 1 atom stereocenters. The second-order valence-corrected chi connectivity index (χ2v) is 5.27. The van der Waals surface area contributed by atoms with Crippen LogP contribution in [0.2, 0.25) is 0 Å². The molecule has 0 amide bonds. The number of nitrogens with one attached hydrogen (secondary N) is 1. The molecule has 1 aromatic heterocycles. The molecule has 21 heavy (non-hydrogen) atoms. The number of nitro benzene ring substituents is 1. The summed E-state index contributed by atoms with van der Waals surface area (Å²) >= 11 is 0. The number of hydrogen-bond acceptors (Lipinski definition) is 6. The summed E-state index contributed by atoms with van der Waals surface area (Å²) in [5, 5.41) is 14.1. The average molecular weight is 287 g/mol. The highest BCUT2D eigenvalue weighted by atomic mass is 16.6. The van der Waals surface area contributed by atoms with Crippen molar-refractivity contribution in [1.29, 1.82) is 0 Å². The largest absolute Gasteiger partial charge is 0.354 e. The molecule has 1 aliphatic heterocycles. The molecule has 0 radical (unpaired) electrons. The number of fused-ring (bicyclic) bond motifs is 1. The lowest BCUT2D eigenvalue weighted by Gasteiger charge is -2.32. The maximum absolute atomic E-state index is 10.8. The van der Waals surface area contributed by atoms with Crippen LogP contribution in [0.1, 0.15) is 12.8 Å². The fourth-order valence-electron chi connectivity index (χ4n) is 2.62. The van der Waals surface area contributed by atoms with Crippen LogP contribution in [-0.2, 0) is 0 Å². The number of aromatic nitrogens is 2. The molecule has 1 aliphatic rings. The SMILES string of the molecule is CN(c1cnc2cc([N+](=O)[O-])ccc2n1)C1CCCNC1. The predicted octanol–water partition coefficient (Wildman–Crippen LogP) is 1.73. The van der Waals surface area contributed by atoms with E-state index in [1.54, 1.807) is 12.3 Å². The minimum Gasteiger partial charge on any atom is -0.354 e. The Morgan fingerprint density at radius 2 is 2.29 bits per heavy atom. The van der Waals surface area contributed by atoms with E-state index >= 15 is 0 Å². The Kier molecular flexibility index (Phi) is 3.66. The van der Waals surface area contributed by atoms with Crippen LogP contribution in [0.3, 0.4) is 0 Å². The number of hydrogen-bond donors (Lipinski definition) is 1. The Hall–Kier alpha value is -2.28. The number of nitro groups is 1. The van der Waals surface area contributed by atoms with Gasteiger partial charge in [-0.2, -0.15) is 0 Å². The minimum atomic E-state index is -0.422. The first-order chi connectivity index (χ1) is 10.1. The average Bonchev–Trinajstić information content (AvgIpc) is 2.54. The fraction of sp³-hybridized carbons (Fsp3) is 0.429. The van der Waals surface area contributed by atoms with E-state index in [1.807, 2.05) is 7.05 Å². The summed E-state index contributed by atoms with van der Waals surface area (Å²) in [6.07, 6.45) is 3.96. The van der Waals surface area contributed by atoms with Crippen LogP contribution in [-0.4, -0.2) is 41.1 Å². The van der Waals surface area contributed by atoms with Gasteiger partial charge in [-0.25, -0.2) is 4.98 Å². The molecule has 1 N–H and O–H groups in total. The lowest BCUT2D eigenvalue weighted by atomic mass is 10.1. The van der Waals surface area contributed by atoms with Gasteiger partial charge in [0.25, 0.3) is 5.69 Å². The first-order valence-electron chi connectivity index (χ1n) is 7.00. The van der Waals surface area contributed by atoms with E-state index in [0.717, 1.165) is 31.7 Å². The van der Waals surface area contributed by atoms with Gasteiger partial charge < -0.3 is 10.2 Å². The van der Waals surface area contributed by atoms with Gasteiger partial charge in [0.2, 0.25) is 0 Å². The molecule has 1 saturated heterocycles. The van der Waals surface area contributed by atoms with Crippen LogP contribution in [0, 0.1) is 10.1 Å². The molecule has 1 aromatic carbocycles. The Bertz CT molecular complexity index is 669. The second-order valence-electron chi connectivity index (χ2n) is 5.27. The topological polar surface area (TPSA) is 84.2 Å². The second kappa shape index (κ2) is 5.61. The maximum Gasteiger partial charge on any atom is 0.271 e. The van der Waals surface area contributed by atoms with Crippen molar-refractivity contribution in [3.8, 4) is 0 Å². The van der Waals surface area contributed by atoms with Gasteiger partial charge >= 0.3 is 0 Å². The van der Waals surface area contributed by atoms with Crippen molar-refractivity contribution in [2.24, 2.45) is 0 Å². The summed E-state index contributed by atoms with van der Waals surface area (Å²) in [4.78, 5) is 21.3.